The molecule has 0 aliphatic carbocycles. The van der Waals surface area contributed by atoms with E-state index in [1.54, 1.807) is 32.1 Å². The molecule has 0 radical (unpaired) electrons. The Morgan fingerprint density at radius 3 is 2.00 bits per heavy atom. The van der Waals surface area contributed by atoms with Crippen molar-refractivity contribution in [2.24, 2.45) is 7.05 Å². The summed E-state index contributed by atoms with van der Waals surface area (Å²) < 4.78 is 17.6. The van der Waals surface area contributed by atoms with Crippen molar-refractivity contribution >= 4 is 5.82 Å². The highest BCUT2D eigenvalue weighted by Gasteiger charge is 2.16. The molecule has 2 N–H and O–H groups in total. The largest absolute Gasteiger partial charge is 0.496 e. The second-order valence-electron chi connectivity index (χ2n) is 4.01. The Balaban J connectivity index is 2.64. The third-order valence-electron chi connectivity index (χ3n) is 2.85. The number of benzene rings is 1. The van der Waals surface area contributed by atoms with Crippen LogP contribution in [0, 0.1) is 0 Å². The Morgan fingerprint density at radius 1 is 0.947 bits per heavy atom. The number of ether oxygens (including phenoxy) is 3. The van der Waals surface area contributed by atoms with E-state index in [0.29, 0.717) is 23.1 Å². The van der Waals surface area contributed by atoms with E-state index < -0.39 is 0 Å². The number of nitrogen functional groups attached to an aromatic ring is 1. The van der Waals surface area contributed by atoms with Crippen LogP contribution in [0.4, 0.5) is 5.82 Å². The summed E-state index contributed by atoms with van der Waals surface area (Å²) in [6.45, 7) is 0. The molecule has 0 aliphatic heterocycles. The number of aromatic nitrogens is 2. The lowest BCUT2D eigenvalue weighted by atomic mass is 10.1. The highest BCUT2D eigenvalue weighted by molar-refractivity contribution is 5.80. The smallest absolute Gasteiger partial charge is 0.164 e. The Hall–Kier alpha value is -2.37. The van der Waals surface area contributed by atoms with Crippen LogP contribution in [-0.2, 0) is 7.05 Å². The molecule has 19 heavy (non-hydrogen) atoms. The van der Waals surface area contributed by atoms with E-state index in [0.717, 1.165) is 11.1 Å². The maximum absolute atomic E-state index is 5.90. The molecule has 0 unspecified atom stereocenters. The quantitative estimate of drug-likeness (QED) is 0.909. The zero-order valence-corrected chi connectivity index (χ0v) is 11.4. The van der Waals surface area contributed by atoms with Gasteiger partial charge >= 0.3 is 0 Å². The lowest BCUT2D eigenvalue weighted by molar-refractivity contribution is 0.349. The van der Waals surface area contributed by atoms with Gasteiger partial charge in [0.15, 0.2) is 17.3 Å². The topological polar surface area (TPSA) is 71.5 Å². The van der Waals surface area contributed by atoms with Crippen molar-refractivity contribution in [3.8, 4) is 28.4 Å². The van der Waals surface area contributed by atoms with Crippen molar-refractivity contribution in [3.63, 3.8) is 0 Å². The lowest BCUT2D eigenvalue weighted by Gasteiger charge is -2.13. The molecular weight excluding hydrogens is 246 g/mol. The van der Waals surface area contributed by atoms with Crippen LogP contribution in [0.5, 0.6) is 17.2 Å². The minimum absolute atomic E-state index is 0.438. The van der Waals surface area contributed by atoms with Crippen LogP contribution < -0.4 is 19.9 Å². The normalized spacial score (nSPS) is 10.3. The average molecular weight is 263 g/mol. The molecule has 0 aliphatic rings. The van der Waals surface area contributed by atoms with E-state index in [4.69, 9.17) is 19.9 Å². The zero-order valence-electron chi connectivity index (χ0n) is 11.4. The van der Waals surface area contributed by atoms with Gasteiger partial charge in [-0.05, 0) is 6.07 Å². The molecule has 2 rings (SSSR count). The van der Waals surface area contributed by atoms with E-state index >= 15 is 0 Å². The van der Waals surface area contributed by atoms with Crippen molar-refractivity contribution in [1.82, 2.24) is 9.78 Å². The summed E-state index contributed by atoms with van der Waals surface area (Å²) >= 11 is 0. The lowest BCUT2D eigenvalue weighted by Crippen LogP contribution is -1.96. The van der Waals surface area contributed by atoms with Crippen LogP contribution in [0.3, 0.4) is 0 Å². The van der Waals surface area contributed by atoms with Crippen molar-refractivity contribution in [3.05, 3.63) is 18.3 Å². The Kier molecular flexibility index (Phi) is 3.50. The maximum atomic E-state index is 5.90. The molecule has 0 spiro atoms. The van der Waals surface area contributed by atoms with Crippen LogP contribution in [0.2, 0.25) is 0 Å². The summed E-state index contributed by atoms with van der Waals surface area (Å²) in [6, 6.07) is 3.59. The zero-order chi connectivity index (χ0) is 14.0. The van der Waals surface area contributed by atoms with E-state index in [2.05, 4.69) is 5.10 Å². The summed E-state index contributed by atoms with van der Waals surface area (Å²) in [5.74, 6) is 2.30. The van der Waals surface area contributed by atoms with Gasteiger partial charge in [0, 0.05) is 30.4 Å². The molecule has 0 saturated heterocycles. The number of aryl methyl sites for hydroxylation is 1. The van der Waals surface area contributed by atoms with Gasteiger partial charge in [-0.3, -0.25) is 4.68 Å². The standard InChI is InChI=1S/C13H17N3O3/c1-16-7-9(13(14)15-16)8-5-11(18-3)12(19-4)6-10(8)17-2/h5-7H,1-4H3,(H2,14,15). The Bertz CT molecular complexity index is 593. The molecule has 2 aromatic rings. The number of hydrogen-bond acceptors (Lipinski definition) is 5. The molecule has 1 aromatic carbocycles. The molecule has 6 nitrogen and oxygen atoms in total. The third kappa shape index (κ3) is 2.29. The fourth-order valence-corrected chi connectivity index (χ4v) is 1.95. The van der Waals surface area contributed by atoms with Crippen molar-refractivity contribution in [2.45, 2.75) is 0 Å². The van der Waals surface area contributed by atoms with Crippen LogP contribution >= 0.6 is 0 Å². The molecule has 0 amide bonds. The van der Waals surface area contributed by atoms with Gasteiger partial charge in [0.2, 0.25) is 0 Å². The van der Waals surface area contributed by atoms with E-state index in [1.165, 1.54) is 0 Å². The van der Waals surface area contributed by atoms with Crippen molar-refractivity contribution < 1.29 is 14.2 Å². The number of anilines is 1. The molecule has 102 valence electrons. The number of nitrogens with zero attached hydrogens (tertiary/aromatic N) is 2. The van der Waals surface area contributed by atoms with Crippen molar-refractivity contribution in [2.75, 3.05) is 27.1 Å². The van der Waals surface area contributed by atoms with Gasteiger partial charge in [-0.25, -0.2) is 0 Å². The average Bonchev–Trinajstić information content (AvgIpc) is 2.75. The molecule has 1 heterocycles. The summed E-state index contributed by atoms with van der Waals surface area (Å²) in [7, 11) is 6.57. The predicted octanol–water partition coefficient (Wildman–Crippen LogP) is 1.70. The first-order valence-electron chi connectivity index (χ1n) is 5.70. The Morgan fingerprint density at radius 2 is 1.53 bits per heavy atom. The fraction of sp³-hybridized carbons (Fsp3) is 0.308. The first-order valence-corrected chi connectivity index (χ1v) is 5.70. The van der Waals surface area contributed by atoms with Crippen LogP contribution in [0.15, 0.2) is 18.3 Å². The monoisotopic (exact) mass is 263 g/mol. The highest BCUT2D eigenvalue weighted by atomic mass is 16.5. The van der Waals surface area contributed by atoms with Gasteiger partial charge in [0.25, 0.3) is 0 Å². The first kappa shape index (κ1) is 13.1. The van der Waals surface area contributed by atoms with E-state index in [-0.39, 0.29) is 0 Å². The van der Waals surface area contributed by atoms with E-state index in [1.807, 2.05) is 19.3 Å². The number of rotatable bonds is 4. The molecule has 0 atom stereocenters. The van der Waals surface area contributed by atoms with Gasteiger partial charge in [-0.1, -0.05) is 0 Å². The highest BCUT2D eigenvalue weighted by Crippen LogP contribution is 2.41. The maximum Gasteiger partial charge on any atom is 0.164 e. The van der Waals surface area contributed by atoms with Gasteiger partial charge in [-0.15, -0.1) is 0 Å². The van der Waals surface area contributed by atoms with Gasteiger partial charge in [0.05, 0.1) is 21.3 Å². The minimum atomic E-state index is 0.438. The molecule has 0 bridgehead atoms. The van der Waals surface area contributed by atoms with Gasteiger partial charge < -0.3 is 19.9 Å². The summed E-state index contributed by atoms with van der Waals surface area (Å²) in [4.78, 5) is 0. The number of methoxy groups -OCH3 is 3. The van der Waals surface area contributed by atoms with Gasteiger partial charge in [0.1, 0.15) is 5.75 Å². The molecule has 1 aromatic heterocycles. The van der Waals surface area contributed by atoms with Crippen LogP contribution in [0.25, 0.3) is 11.1 Å². The molecular formula is C13H17N3O3. The molecule has 0 saturated carbocycles. The third-order valence-corrected chi connectivity index (χ3v) is 2.85. The SMILES string of the molecule is COc1cc(OC)c(-c2cn(C)nc2N)cc1OC. The molecule has 6 heteroatoms. The van der Waals surface area contributed by atoms with E-state index in [9.17, 15) is 0 Å². The second kappa shape index (κ2) is 5.09. The number of nitrogens with two attached hydrogens (primary N) is 1. The van der Waals surface area contributed by atoms with Crippen LogP contribution in [0.1, 0.15) is 0 Å². The van der Waals surface area contributed by atoms with Gasteiger partial charge in [-0.2, -0.15) is 5.10 Å². The van der Waals surface area contributed by atoms with Crippen molar-refractivity contribution in [1.29, 1.82) is 0 Å². The summed E-state index contributed by atoms with van der Waals surface area (Å²) in [5.41, 5.74) is 7.50. The summed E-state index contributed by atoms with van der Waals surface area (Å²) in [5, 5.41) is 4.13. The molecule has 0 fully saturated rings. The summed E-state index contributed by atoms with van der Waals surface area (Å²) in [6.07, 6.45) is 1.83. The Labute approximate surface area is 111 Å². The first-order chi connectivity index (χ1) is 9.10. The predicted molar refractivity (Wildman–Crippen MR) is 72.7 cm³/mol. The fourth-order valence-electron chi connectivity index (χ4n) is 1.95. The second-order valence-corrected chi connectivity index (χ2v) is 4.01. The minimum Gasteiger partial charge on any atom is -0.496 e. The number of hydrogen-bond donors (Lipinski definition) is 1. The van der Waals surface area contributed by atoms with Crippen LogP contribution in [-0.4, -0.2) is 31.1 Å².